The van der Waals surface area contributed by atoms with Crippen molar-refractivity contribution in [3.8, 4) is 5.75 Å². The van der Waals surface area contributed by atoms with Crippen molar-refractivity contribution >= 4 is 22.8 Å². The lowest BCUT2D eigenvalue weighted by Crippen LogP contribution is -2.25. The largest absolute Gasteiger partial charge is 0.496 e. The van der Waals surface area contributed by atoms with Crippen LogP contribution in [0.5, 0.6) is 5.75 Å². The highest BCUT2D eigenvalue weighted by Gasteiger charge is 2.35. The van der Waals surface area contributed by atoms with Crippen molar-refractivity contribution in [2.75, 3.05) is 50.9 Å². The minimum Gasteiger partial charge on any atom is -0.496 e. The molecule has 0 spiro atoms. The molecule has 5 rings (SSSR count). The lowest BCUT2D eigenvalue weighted by molar-refractivity contribution is 0.305. The number of benzene rings is 1. The molecule has 9 heteroatoms. The number of aromatic nitrogens is 4. The number of nitrogens with two attached hydrogens (primary N) is 1. The maximum absolute atomic E-state index is 5.94. The van der Waals surface area contributed by atoms with Crippen LogP contribution in [0.25, 0.3) is 11.0 Å². The van der Waals surface area contributed by atoms with Gasteiger partial charge in [-0.2, -0.15) is 10.1 Å². The SMILES string of the molecule is CCCCNc1nc(N)nc2cnn(Cc3cc(CN4CC5CNCC5C4)ccc3OC)c12. The fourth-order valence-corrected chi connectivity index (χ4v) is 5.20. The number of nitrogens with zero attached hydrogens (tertiary/aromatic N) is 5. The molecule has 33 heavy (non-hydrogen) atoms. The van der Waals surface area contributed by atoms with Crippen LogP contribution in [0.3, 0.4) is 0 Å². The summed E-state index contributed by atoms with van der Waals surface area (Å²) in [6, 6.07) is 6.50. The van der Waals surface area contributed by atoms with Gasteiger partial charge in [-0.3, -0.25) is 9.58 Å². The van der Waals surface area contributed by atoms with E-state index in [4.69, 9.17) is 10.5 Å². The number of unbranched alkanes of at least 4 members (excludes halogenated alkanes) is 1. The van der Waals surface area contributed by atoms with Crippen LogP contribution in [0.1, 0.15) is 30.9 Å². The first kappa shape index (κ1) is 21.9. The van der Waals surface area contributed by atoms with Crippen LogP contribution < -0.4 is 21.1 Å². The number of anilines is 2. The number of fused-ring (bicyclic) bond motifs is 2. The van der Waals surface area contributed by atoms with Crippen LogP contribution in [0.4, 0.5) is 11.8 Å². The summed E-state index contributed by atoms with van der Waals surface area (Å²) in [5.41, 5.74) is 9.95. The molecule has 2 atom stereocenters. The summed E-state index contributed by atoms with van der Waals surface area (Å²) < 4.78 is 7.63. The maximum Gasteiger partial charge on any atom is 0.222 e. The lowest BCUT2D eigenvalue weighted by Gasteiger charge is -2.18. The molecule has 0 amide bonds. The number of ether oxygens (including phenoxy) is 1. The van der Waals surface area contributed by atoms with Crippen molar-refractivity contribution in [3.63, 3.8) is 0 Å². The molecule has 2 aliphatic heterocycles. The Bertz CT molecular complexity index is 1100. The van der Waals surface area contributed by atoms with Gasteiger partial charge in [-0.05, 0) is 49.0 Å². The van der Waals surface area contributed by atoms with E-state index in [0.29, 0.717) is 6.54 Å². The molecule has 4 N–H and O–H groups in total. The Morgan fingerprint density at radius 3 is 2.76 bits per heavy atom. The summed E-state index contributed by atoms with van der Waals surface area (Å²) >= 11 is 0. The van der Waals surface area contributed by atoms with Gasteiger partial charge in [-0.15, -0.1) is 0 Å². The smallest absolute Gasteiger partial charge is 0.222 e. The predicted molar refractivity (Wildman–Crippen MR) is 130 cm³/mol. The minimum absolute atomic E-state index is 0.256. The third-order valence-corrected chi connectivity index (χ3v) is 6.86. The predicted octanol–water partition coefficient (Wildman–Crippen LogP) is 2.33. The minimum atomic E-state index is 0.256. The van der Waals surface area contributed by atoms with Gasteiger partial charge in [0.15, 0.2) is 5.82 Å². The van der Waals surface area contributed by atoms with Crippen LogP contribution in [-0.2, 0) is 13.1 Å². The average molecular weight is 451 g/mol. The number of hydrogen-bond donors (Lipinski definition) is 3. The molecule has 2 fully saturated rings. The first-order valence-corrected chi connectivity index (χ1v) is 12.0. The van der Waals surface area contributed by atoms with E-state index in [-0.39, 0.29) is 5.95 Å². The topological polar surface area (TPSA) is 106 Å². The van der Waals surface area contributed by atoms with Gasteiger partial charge in [0.25, 0.3) is 0 Å². The molecule has 1 aromatic carbocycles. The number of likely N-dealkylation sites (tertiary alicyclic amines) is 1. The van der Waals surface area contributed by atoms with Crippen molar-refractivity contribution < 1.29 is 4.74 Å². The number of nitrogen functional groups attached to an aromatic ring is 1. The normalized spacial score (nSPS) is 20.4. The van der Waals surface area contributed by atoms with Gasteiger partial charge >= 0.3 is 0 Å². The van der Waals surface area contributed by atoms with Crippen LogP contribution in [0, 0.1) is 11.8 Å². The number of methoxy groups -OCH3 is 1. The zero-order chi connectivity index (χ0) is 22.8. The second kappa shape index (κ2) is 9.52. The third kappa shape index (κ3) is 4.60. The lowest BCUT2D eigenvalue weighted by atomic mass is 10.0. The molecule has 176 valence electrons. The monoisotopic (exact) mass is 450 g/mol. The van der Waals surface area contributed by atoms with Crippen LogP contribution in [0.15, 0.2) is 24.4 Å². The second-order valence-corrected chi connectivity index (χ2v) is 9.27. The highest BCUT2D eigenvalue weighted by Crippen LogP contribution is 2.29. The summed E-state index contributed by atoms with van der Waals surface area (Å²) in [6.07, 6.45) is 3.92. The summed E-state index contributed by atoms with van der Waals surface area (Å²) in [6.45, 7) is 9.20. The van der Waals surface area contributed by atoms with Gasteiger partial charge in [0.2, 0.25) is 5.95 Å². The summed E-state index contributed by atoms with van der Waals surface area (Å²) in [5, 5.41) is 11.5. The zero-order valence-corrected chi connectivity index (χ0v) is 19.5. The highest BCUT2D eigenvalue weighted by molar-refractivity contribution is 5.86. The summed E-state index contributed by atoms with van der Waals surface area (Å²) in [4.78, 5) is 11.4. The number of rotatable bonds is 9. The van der Waals surface area contributed by atoms with Crippen molar-refractivity contribution in [1.82, 2.24) is 30.0 Å². The Labute approximate surface area is 194 Å². The molecule has 2 saturated heterocycles. The number of hydrogen-bond acceptors (Lipinski definition) is 8. The van der Waals surface area contributed by atoms with Crippen molar-refractivity contribution in [3.05, 3.63) is 35.5 Å². The van der Waals surface area contributed by atoms with Gasteiger partial charge in [0.05, 0.1) is 19.9 Å². The Kier molecular flexibility index (Phi) is 6.32. The molecule has 0 aliphatic carbocycles. The molecule has 2 aromatic heterocycles. The Balaban J connectivity index is 1.39. The van der Waals surface area contributed by atoms with Gasteiger partial charge in [0, 0.05) is 31.7 Å². The molecule has 9 nitrogen and oxygen atoms in total. The molecular formula is C24H34N8O. The van der Waals surface area contributed by atoms with Crippen molar-refractivity contribution in [2.45, 2.75) is 32.9 Å². The Morgan fingerprint density at radius 2 is 2.00 bits per heavy atom. The van der Waals surface area contributed by atoms with Crippen molar-refractivity contribution in [1.29, 1.82) is 0 Å². The highest BCUT2D eigenvalue weighted by atomic mass is 16.5. The molecule has 3 aromatic rings. The van der Waals surface area contributed by atoms with E-state index in [0.717, 1.165) is 79.0 Å². The first-order chi connectivity index (χ1) is 16.1. The molecular weight excluding hydrogens is 416 g/mol. The summed E-state index contributed by atoms with van der Waals surface area (Å²) in [5.74, 6) is 3.44. The van der Waals surface area contributed by atoms with E-state index in [1.54, 1.807) is 13.3 Å². The molecule has 2 aliphatic rings. The summed E-state index contributed by atoms with van der Waals surface area (Å²) in [7, 11) is 1.72. The standard InChI is InChI=1S/C24H34N8O/c1-3-4-7-27-23-22-20(29-24(25)30-23)11-28-32(22)15-17-8-16(5-6-21(17)33-2)12-31-13-18-9-26-10-19(18)14-31/h5-6,8,11,18-19,26H,3-4,7,9-10,12-15H2,1-2H3,(H3,25,27,29,30). The van der Waals surface area contributed by atoms with E-state index < -0.39 is 0 Å². The van der Waals surface area contributed by atoms with Crippen LogP contribution >= 0.6 is 0 Å². The van der Waals surface area contributed by atoms with E-state index in [1.165, 1.54) is 18.7 Å². The van der Waals surface area contributed by atoms with E-state index in [2.05, 4.69) is 55.7 Å². The Morgan fingerprint density at radius 1 is 1.18 bits per heavy atom. The van der Waals surface area contributed by atoms with Gasteiger partial charge in [0.1, 0.15) is 16.8 Å². The number of nitrogens with one attached hydrogen (secondary N) is 2. The molecule has 0 radical (unpaired) electrons. The van der Waals surface area contributed by atoms with Gasteiger partial charge < -0.3 is 21.1 Å². The fourth-order valence-electron chi connectivity index (χ4n) is 5.20. The van der Waals surface area contributed by atoms with Gasteiger partial charge in [-0.25, -0.2) is 4.98 Å². The first-order valence-electron chi connectivity index (χ1n) is 12.0. The molecule has 2 unspecified atom stereocenters. The molecule has 4 heterocycles. The third-order valence-electron chi connectivity index (χ3n) is 6.86. The van der Waals surface area contributed by atoms with Crippen LogP contribution in [0.2, 0.25) is 0 Å². The second-order valence-electron chi connectivity index (χ2n) is 9.27. The van der Waals surface area contributed by atoms with E-state index in [9.17, 15) is 0 Å². The fraction of sp³-hybridized carbons (Fsp3) is 0.542. The average Bonchev–Trinajstić information content (AvgIpc) is 3.49. The van der Waals surface area contributed by atoms with Crippen LogP contribution in [-0.4, -0.2) is 64.5 Å². The van der Waals surface area contributed by atoms with Gasteiger partial charge in [-0.1, -0.05) is 19.4 Å². The molecule has 0 saturated carbocycles. The van der Waals surface area contributed by atoms with Crippen molar-refractivity contribution in [2.24, 2.45) is 11.8 Å². The van der Waals surface area contributed by atoms with E-state index >= 15 is 0 Å². The van der Waals surface area contributed by atoms with E-state index in [1.807, 2.05) is 4.68 Å². The Hall–Kier alpha value is -2.91. The quantitative estimate of drug-likeness (QED) is 0.427. The molecule has 0 bridgehead atoms. The maximum atomic E-state index is 5.94. The zero-order valence-electron chi connectivity index (χ0n) is 19.5.